The van der Waals surface area contributed by atoms with Crippen molar-refractivity contribution < 1.29 is 14.6 Å². The maximum atomic E-state index is 10.5. The summed E-state index contributed by atoms with van der Waals surface area (Å²) in [4.78, 5) is 10.5. The van der Waals surface area contributed by atoms with Crippen LogP contribution in [0.2, 0.25) is 0 Å². The molecule has 0 aliphatic heterocycles. The second kappa shape index (κ2) is 6.42. The van der Waals surface area contributed by atoms with E-state index in [2.05, 4.69) is 10.2 Å². The quantitative estimate of drug-likeness (QED) is 0.733. The summed E-state index contributed by atoms with van der Waals surface area (Å²) in [6.07, 6.45) is 0. The lowest BCUT2D eigenvalue weighted by molar-refractivity contribution is -0.301. The van der Waals surface area contributed by atoms with Crippen molar-refractivity contribution in [3.63, 3.8) is 0 Å². The van der Waals surface area contributed by atoms with Crippen LogP contribution >= 0.6 is 11.8 Å². The molecule has 0 aliphatic carbocycles. The van der Waals surface area contributed by atoms with E-state index in [9.17, 15) is 9.90 Å². The average Bonchev–Trinajstić information content (AvgIpc) is 2.87. The van der Waals surface area contributed by atoms with Gasteiger partial charge in [0.1, 0.15) is 5.75 Å². The van der Waals surface area contributed by atoms with E-state index in [-0.39, 0.29) is 5.75 Å². The van der Waals surface area contributed by atoms with Crippen molar-refractivity contribution in [2.45, 2.75) is 18.6 Å². The van der Waals surface area contributed by atoms with Crippen molar-refractivity contribution in [3.8, 4) is 17.1 Å². The summed E-state index contributed by atoms with van der Waals surface area (Å²) in [5.74, 6) is 0.0840. The summed E-state index contributed by atoms with van der Waals surface area (Å²) in [5.41, 5.74) is 0.824. The molecule has 1 aromatic heterocycles. The Morgan fingerprint density at radius 3 is 2.80 bits per heavy atom. The number of methoxy groups -OCH3 is 1. The van der Waals surface area contributed by atoms with Crippen LogP contribution < -0.4 is 9.84 Å². The van der Waals surface area contributed by atoms with Crippen LogP contribution in [0.3, 0.4) is 0 Å². The topological polar surface area (TPSA) is 80.1 Å². The minimum atomic E-state index is -1.13. The second-order valence-corrected chi connectivity index (χ2v) is 4.85. The van der Waals surface area contributed by atoms with E-state index in [1.165, 1.54) is 0 Å². The van der Waals surface area contributed by atoms with Gasteiger partial charge in [0.25, 0.3) is 0 Å². The lowest BCUT2D eigenvalue weighted by atomic mass is 10.2. The standard InChI is InChI=1S/C13H15N3O3S/c1-3-16-12(9-6-4-5-7-10(9)19-2)14-15-13(16)20-8-11(17)18/h4-7H,3,8H2,1-2H3,(H,17,18)/p-1. The summed E-state index contributed by atoms with van der Waals surface area (Å²) in [6, 6.07) is 7.50. The number of hydrogen-bond acceptors (Lipinski definition) is 6. The fourth-order valence-electron chi connectivity index (χ4n) is 1.83. The van der Waals surface area contributed by atoms with Crippen LogP contribution in [0.1, 0.15) is 6.92 Å². The van der Waals surface area contributed by atoms with Crippen molar-refractivity contribution >= 4 is 17.7 Å². The molecule has 0 atom stereocenters. The molecule has 0 fully saturated rings. The average molecular weight is 292 g/mol. The molecule has 106 valence electrons. The lowest BCUT2D eigenvalue weighted by Gasteiger charge is -2.10. The van der Waals surface area contributed by atoms with E-state index < -0.39 is 5.97 Å². The van der Waals surface area contributed by atoms with Crippen LogP contribution in [-0.4, -0.2) is 33.6 Å². The van der Waals surface area contributed by atoms with Crippen molar-refractivity contribution in [1.82, 2.24) is 14.8 Å². The smallest absolute Gasteiger partial charge is 0.191 e. The van der Waals surface area contributed by atoms with Crippen LogP contribution in [0.5, 0.6) is 5.75 Å². The highest BCUT2D eigenvalue weighted by atomic mass is 32.2. The minimum Gasteiger partial charge on any atom is -0.549 e. The van der Waals surface area contributed by atoms with E-state index in [0.717, 1.165) is 17.3 Å². The molecule has 20 heavy (non-hydrogen) atoms. The molecule has 2 rings (SSSR count). The molecule has 0 saturated heterocycles. The lowest BCUT2D eigenvalue weighted by Crippen LogP contribution is -2.24. The molecule has 0 amide bonds. The van der Waals surface area contributed by atoms with Crippen molar-refractivity contribution in [2.24, 2.45) is 0 Å². The third kappa shape index (κ3) is 2.93. The van der Waals surface area contributed by atoms with Gasteiger partial charge in [-0.15, -0.1) is 10.2 Å². The first-order valence-corrected chi connectivity index (χ1v) is 7.05. The normalized spacial score (nSPS) is 10.5. The number of para-hydroxylation sites is 1. The maximum Gasteiger partial charge on any atom is 0.191 e. The Kier molecular flexibility index (Phi) is 4.62. The summed E-state index contributed by atoms with van der Waals surface area (Å²) in [7, 11) is 1.59. The van der Waals surface area contributed by atoms with Gasteiger partial charge < -0.3 is 19.2 Å². The maximum absolute atomic E-state index is 10.5. The largest absolute Gasteiger partial charge is 0.549 e. The van der Waals surface area contributed by atoms with Crippen LogP contribution in [-0.2, 0) is 11.3 Å². The van der Waals surface area contributed by atoms with Crippen molar-refractivity contribution in [1.29, 1.82) is 0 Å². The monoisotopic (exact) mass is 292 g/mol. The fraction of sp³-hybridized carbons (Fsp3) is 0.308. The molecule has 0 aliphatic rings. The Labute approximate surface area is 120 Å². The van der Waals surface area contributed by atoms with Crippen LogP contribution in [0.25, 0.3) is 11.4 Å². The van der Waals surface area contributed by atoms with Gasteiger partial charge in [0, 0.05) is 12.3 Å². The summed E-state index contributed by atoms with van der Waals surface area (Å²) in [5, 5.41) is 19.3. The van der Waals surface area contributed by atoms with E-state index in [4.69, 9.17) is 4.74 Å². The zero-order valence-electron chi connectivity index (χ0n) is 11.2. The van der Waals surface area contributed by atoms with E-state index in [1.807, 2.05) is 35.8 Å². The third-order valence-electron chi connectivity index (χ3n) is 2.70. The highest BCUT2D eigenvalue weighted by molar-refractivity contribution is 7.99. The molecule has 0 saturated carbocycles. The minimum absolute atomic E-state index is 0.149. The Balaban J connectivity index is 2.39. The van der Waals surface area contributed by atoms with E-state index >= 15 is 0 Å². The number of nitrogens with zero attached hydrogens (tertiary/aromatic N) is 3. The summed E-state index contributed by atoms with van der Waals surface area (Å²) >= 11 is 1.10. The van der Waals surface area contributed by atoms with Crippen LogP contribution in [0, 0.1) is 0 Å². The molecular formula is C13H14N3O3S-. The first-order valence-electron chi connectivity index (χ1n) is 6.06. The van der Waals surface area contributed by atoms with Gasteiger partial charge in [0.15, 0.2) is 11.0 Å². The molecule has 2 aromatic rings. The molecular weight excluding hydrogens is 278 g/mol. The zero-order chi connectivity index (χ0) is 14.5. The fourth-order valence-corrected chi connectivity index (χ4v) is 2.55. The van der Waals surface area contributed by atoms with E-state index in [0.29, 0.717) is 23.3 Å². The molecule has 0 radical (unpaired) electrons. The van der Waals surface area contributed by atoms with Gasteiger partial charge in [-0.05, 0) is 19.1 Å². The third-order valence-corrected chi connectivity index (χ3v) is 3.64. The van der Waals surface area contributed by atoms with Crippen molar-refractivity contribution in [2.75, 3.05) is 12.9 Å². The van der Waals surface area contributed by atoms with Gasteiger partial charge in [-0.2, -0.15) is 0 Å². The predicted octanol–water partition coefficient (Wildman–Crippen LogP) is 0.816. The molecule has 1 heterocycles. The highest BCUT2D eigenvalue weighted by Crippen LogP contribution is 2.30. The zero-order valence-corrected chi connectivity index (χ0v) is 12.0. The number of carbonyl (C=O) groups is 1. The summed E-state index contributed by atoms with van der Waals surface area (Å²) < 4.78 is 7.17. The molecule has 7 heteroatoms. The molecule has 0 bridgehead atoms. The van der Waals surface area contributed by atoms with Gasteiger partial charge in [0.05, 0.1) is 18.6 Å². The Morgan fingerprint density at radius 1 is 1.40 bits per heavy atom. The first-order chi connectivity index (χ1) is 9.67. The number of aliphatic carboxylic acids is 1. The van der Waals surface area contributed by atoms with Gasteiger partial charge in [-0.3, -0.25) is 0 Å². The number of carboxylic acids is 1. The number of rotatable bonds is 6. The predicted molar refractivity (Wildman–Crippen MR) is 73.4 cm³/mol. The summed E-state index contributed by atoms with van der Waals surface area (Å²) in [6.45, 7) is 2.58. The molecule has 6 nitrogen and oxygen atoms in total. The first kappa shape index (κ1) is 14.4. The molecule has 0 unspecified atom stereocenters. The second-order valence-electron chi connectivity index (χ2n) is 3.91. The highest BCUT2D eigenvalue weighted by Gasteiger charge is 2.16. The number of carboxylic acid groups (broad SMARTS) is 1. The number of benzene rings is 1. The number of ether oxygens (including phenoxy) is 1. The van der Waals surface area contributed by atoms with Crippen molar-refractivity contribution in [3.05, 3.63) is 24.3 Å². The van der Waals surface area contributed by atoms with E-state index in [1.54, 1.807) is 7.11 Å². The Hall–Kier alpha value is -2.02. The van der Waals surface area contributed by atoms with Crippen LogP contribution in [0.15, 0.2) is 29.4 Å². The van der Waals surface area contributed by atoms with Gasteiger partial charge >= 0.3 is 0 Å². The number of hydrogen-bond donors (Lipinski definition) is 0. The SMILES string of the molecule is CCn1c(SCC(=O)[O-])nnc1-c1ccccc1OC. The number of carbonyl (C=O) groups excluding carboxylic acids is 1. The molecule has 0 N–H and O–H groups in total. The Bertz CT molecular complexity index is 613. The van der Waals surface area contributed by atoms with Gasteiger partial charge in [0.2, 0.25) is 0 Å². The molecule has 0 spiro atoms. The van der Waals surface area contributed by atoms with Gasteiger partial charge in [-0.1, -0.05) is 23.9 Å². The Morgan fingerprint density at radius 2 is 2.15 bits per heavy atom. The number of thioether (sulfide) groups is 1. The van der Waals surface area contributed by atoms with Gasteiger partial charge in [-0.25, -0.2) is 0 Å². The number of aromatic nitrogens is 3. The molecule has 1 aromatic carbocycles. The van der Waals surface area contributed by atoms with Crippen LogP contribution in [0.4, 0.5) is 0 Å².